The first-order valence-corrected chi connectivity index (χ1v) is 8.54. The molecule has 1 saturated heterocycles. The summed E-state index contributed by atoms with van der Waals surface area (Å²) < 4.78 is 18.5. The molecule has 1 aromatic carbocycles. The van der Waals surface area contributed by atoms with Gasteiger partial charge < -0.3 is 19.9 Å². The van der Waals surface area contributed by atoms with E-state index in [0.29, 0.717) is 25.4 Å². The number of halogens is 1. The molecule has 3 rings (SSSR count). The van der Waals surface area contributed by atoms with E-state index in [1.54, 1.807) is 12.1 Å². The Bertz CT molecular complexity index is 659. The molecule has 0 saturated carbocycles. The largest absolute Gasteiger partial charge is 0.492 e. The first-order valence-electron chi connectivity index (χ1n) is 8.54. The lowest BCUT2D eigenvalue weighted by molar-refractivity contribution is 0.310. The molecule has 6 nitrogen and oxygen atoms in total. The number of piperazine rings is 1. The van der Waals surface area contributed by atoms with Crippen LogP contribution in [0.5, 0.6) is 5.75 Å². The van der Waals surface area contributed by atoms with Crippen molar-refractivity contribution < 1.29 is 9.13 Å². The van der Waals surface area contributed by atoms with Crippen molar-refractivity contribution >= 4 is 5.95 Å². The zero-order valence-corrected chi connectivity index (χ0v) is 14.5. The molecular weight excluding hydrogens is 321 g/mol. The minimum Gasteiger partial charge on any atom is -0.492 e. The summed E-state index contributed by atoms with van der Waals surface area (Å²) in [5.41, 5.74) is 1.03. The summed E-state index contributed by atoms with van der Waals surface area (Å²) in [4.78, 5) is 13.5. The van der Waals surface area contributed by atoms with Crippen molar-refractivity contribution in [1.82, 2.24) is 20.2 Å². The van der Waals surface area contributed by atoms with Gasteiger partial charge in [-0.15, -0.1) is 0 Å². The number of nitrogens with one attached hydrogen (secondary N) is 1. The van der Waals surface area contributed by atoms with E-state index in [-0.39, 0.29) is 5.82 Å². The fourth-order valence-electron chi connectivity index (χ4n) is 2.64. The van der Waals surface area contributed by atoms with Gasteiger partial charge in [0.15, 0.2) is 0 Å². The molecule has 0 radical (unpaired) electrons. The predicted octanol–water partition coefficient (Wildman–Crippen LogP) is 1.54. The van der Waals surface area contributed by atoms with Crippen LogP contribution >= 0.6 is 0 Å². The number of anilines is 1. The van der Waals surface area contributed by atoms with Gasteiger partial charge in [-0.1, -0.05) is 6.07 Å². The van der Waals surface area contributed by atoms with Crippen LogP contribution < -0.4 is 15.0 Å². The second-order valence-corrected chi connectivity index (χ2v) is 6.16. The number of hydrogen-bond donors (Lipinski definition) is 1. The van der Waals surface area contributed by atoms with Crippen LogP contribution in [-0.4, -0.2) is 61.2 Å². The van der Waals surface area contributed by atoms with Gasteiger partial charge in [-0.25, -0.2) is 14.4 Å². The summed E-state index contributed by atoms with van der Waals surface area (Å²) in [6.07, 6.45) is 3.72. The Hall–Kier alpha value is -2.25. The number of aromatic nitrogens is 2. The zero-order valence-electron chi connectivity index (χ0n) is 14.5. The second-order valence-electron chi connectivity index (χ2n) is 6.16. The van der Waals surface area contributed by atoms with Crippen molar-refractivity contribution in [3.63, 3.8) is 0 Å². The van der Waals surface area contributed by atoms with Gasteiger partial charge in [-0.05, 0) is 19.2 Å². The van der Waals surface area contributed by atoms with E-state index in [2.05, 4.69) is 32.1 Å². The number of likely N-dealkylation sites (N-methyl/N-ethyl adjacent to an activating group) is 1. The van der Waals surface area contributed by atoms with Crippen molar-refractivity contribution in [3.05, 3.63) is 48.0 Å². The maximum absolute atomic E-state index is 13.0. The molecule has 2 heterocycles. The number of nitrogens with zero attached hydrogens (tertiary/aromatic N) is 4. The summed E-state index contributed by atoms with van der Waals surface area (Å²) in [5, 5.41) is 3.27. The lowest BCUT2D eigenvalue weighted by Gasteiger charge is -2.32. The van der Waals surface area contributed by atoms with Crippen LogP contribution in [0.1, 0.15) is 5.56 Å². The quantitative estimate of drug-likeness (QED) is 0.768. The second kappa shape index (κ2) is 8.73. The van der Waals surface area contributed by atoms with Crippen molar-refractivity contribution in [2.24, 2.45) is 0 Å². The Labute approximate surface area is 147 Å². The van der Waals surface area contributed by atoms with E-state index in [0.717, 1.165) is 37.7 Å². The van der Waals surface area contributed by atoms with Crippen LogP contribution in [0, 0.1) is 5.82 Å². The normalized spacial score (nSPS) is 15.4. The molecule has 1 aliphatic heterocycles. The summed E-state index contributed by atoms with van der Waals surface area (Å²) in [5.74, 6) is 1.05. The minimum atomic E-state index is -0.289. The topological polar surface area (TPSA) is 53.5 Å². The van der Waals surface area contributed by atoms with Crippen LogP contribution in [0.2, 0.25) is 0 Å². The molecule has 0 unspecified atom stereocenters. The van der Waals surface area contributed by atoms with Gasteiger partial charge in [-0.2, -0.15) is 0 Å². The van der Waals surface area contributed by atoms with Gasteiger partial charge in [0, 0.05) is 63.3 Å². The molecule has 0 aliphatic carbocycles. The first-order chi connectivity index (χ1) is 12.2. The van der Waals surface area contributed by atoms with Crippen molar-refractivity contribution in [3.8, 4) is 5.75 Å². The fourth-order valence-corrected chi connectivity index (χ4v) is 2.64. The van der Waals surface area contributed by atoms with E-state index in [4.69, 9.17) is 4.74 Å². The fraction of sp³-hybridized carbons (Fsp3) is 0.444. The van der Waals surface area contributed by atoms with Crippen LogP contribution in [0.4, 0.5) is 10.3 Å². The molecular formula is C18H24FN5O. The highest BCUT2D eigenvalue weighted by molar-refractivity contribution is 5.30. The van der Waals surface area contributed by atoms with Crippen molar-refractivity contribution in [1.29, 1.82) is 0 Å². The van der Waals surface area contributed by atoms with Gasteiger partial charge in [-0.3, -0.25) is 0 Å². The molecule has 1 fully saturated rings. The molecule has 7 heteroatoms. The van der Waals surface area contributed by atoms with Gasteiger partial charge in [0.25, 0.3) is 0 Å². The van der Waals surface area contributed by atoms with Gasteiger partial charge in [0.1, 0.15) is 18.2 Å². The van der Waals surface area contributed by atoms with E-state index < -0.39 is 0 Å². The van der Waals surface area contributed by atoms with E-state index in [9.17, 15) is 4.39 Å². The maximum Gasteiger partial charge on any atom is 0.225 e. The van der Waals surface area contributed by atoms with Crippen molar-refractivity contribution in [2.75, 3.05) is 51.3 Å². The highest BCUT2D eigenvalue weighted by Crippen LogP contribution is 2.12. The Morgan fingerprint density at radius 1 is 1.16 bits per heavy atom. The van der Waals surface area contributed by atoms with Crippen LogP contribution in [0.25, 0.3) is 0 Å². The average molecular weight is 345 g/mol. The summed E-state index contributed by atoms with van der Waals surface area (Å²) in [7, 11) is 2.13. The Balaban J connectivity index is 1.37. The number of ether oxygens (including phenoxy) is 1. The smallest absolute Gasteiger partial charge is 0.225 e. The molecule has 2 aromatic rings. The van der Waals surface area contributed by atoms with Crippen LogP contribution in [0.15, 0.2) is 36.7 Å². The molecule has 1 aromatic heterocycles. The van der Waals surface area contributed by atoms with Gasteiger partial charge in [0.05, 0.1) is 0 Å². The molecule has 1 aliphatic rings. The van der Waals surface area contributed by atoms with E-state index in [1.807, 2.05) is 12.4 Å². The number of rotatable bonds is 7. The lowest BCUT2D eigenvalue weighted by Crippen LogP contribution is -2.45. The molecule has 0 spiro atoms. The molecule has 1 N–H and O–H groups in total. The van der Waals surface area contributed by atoms with Gasteiger partial charge in [0.2, 0.25) is 5.95 Å². The standard InChI is InChI=1S/C18H24FN5O/c1-23-6-8-24(9-7-23)18-21-13-15(14-22-18)12-20-5-10-25-17-4-2-3-16(19)11-17/h2-4,11,13-14,20H,5-10,12H2,1H3. The van der Waals surface area contributed by atoms with Crippen LogP contribution in [0.3, 0.4) is 0 Å². The van der Waals surface area contributed by atoms with E-state index >= 15 is 0 Å². The lowest BCUT2D eigenvalue weighted by atomic mass is 10.3. The summed E-state index contributed by atoms with van der Waals surface area (Å²) in [6, 6.07) is 6.16. The molecule has 25 heavy (non-hydrogen) atoms. The summed E-state index contributed by atoms with van der Waals surface area (Å²) in [6.45, 7) is 5.82. The van der Waals surface area contributed by atoms with Crippen molar-refractivity contribution in [2.45, 2.75) is 6.54 Å². The highest BCUT2D eigenvalue weighted by atomic mass is 19.1. The average Bonchev–Trinajstić information content (AvgIpc) is 2.63. The zero-order chi connectivity index (χ0) is 17.5. The SMILES string of the molecule is CN1CCN(c2ncc(CNCCOc3cccc(F)c3)cn2)CC1. The molecule has 0 amide bonds. The highest BCUT2D eigenvalue weighted by Gasteiger charge is 2.15. The minimum absolute atomic E-state index is 0.289. The third-order valence-corrected chi connectivity index (χ3v) is 4.15. The Morgan fingerprint density at radius 3 is 2.64 bits per heavy atom. The summed E-state index contributed by atoms with van der Waals surface area (Å²) >= 11 is 0. The molecule has 0 bridgehead atoms. The van der Waals surface area contributed by atoms with Crippen LogP contribution in [-0.2, 0) is 6.54 Å². The third kappa shape index (κ3) is 5.37. The third-order valence-electron chi connectivity index (χ3n) is 4.15. The maximum atomic E-state index is 13.0. The monoisotopic (exact) mass is 345 g/mol. The first kappa shape index (κ1) is 17.6. The molecule has 0 atom stereocenters. The van der Waals surface area contributed by atoms with E-state index in [1.165, 1.54) is 12.1 Å². The molecule has 134 valence electrons. The Morgan fingerprint density at radius 2 is 1.92 bits per heavy atom. The number of hydrogen-bond acceptors (Lipinski definition) is 6. The van der Waals surface area contributed by atoms with Gasteiger partial charge >= 0.3 is 0 Å². The number of benzene rings is 1. The predicted molar refractivity (Wildman–Crippen MR) is 95.3 cm³/mol. The Kier molecular flexibility index (Phi) is 6.14.